The van der Waals surface area contributed by atoms with Crippen LogP contribution in [0.3, 0.4) is 0 Å². The lowest BCUT2D eigenvalue weighted by Gasteiger charge is -2.28. The molecule has 252 valence electrons. The Kier molecular flexibility index (Phi) is 8.90. The average molecular weight is 699 g/mol. The number of anilines is 1. The minimum atomic E-state index is -6.50. The molecule has 1 fully saturated rings. The maximum atomic E-state index is 14.8. The first kappa shape index (κ1) is 34.2. The Bertz CT molecular complexity index is 1910. The summed E-state index contributed by atoms with van der Waals surface area (Å²) < 4.78 is 96.4. The van der Waals surface area contributed by atoms with E-state index in [1.807, 2.05) is 13.0 Å². The number of alkyl halides is 7. The first-order chi connectivity index (χ1) is 22.5. The third-order valence-corrected chi connectivity index (χ3v) is 7.80. The SMILES string of the molecule is Cc1cc(C#N)cc(C(=O)NC(C)C2CC2)c1NC(=O)c1cc(Cn2nnnc2C(F)(C(F)(F)F)C(F)(F)F)nn1-c1ncccc1Cl. The van der Waals surface area contributed by atoms with Crippen LogP contribution in [0.25, 0.3) is 5.82 Å². The lowest BCUT2D eigenvalue weighted by atomic mass is 10.0. The topological polar surface area (TPSA) is 156 Å². The molecule has 3 heterocycles. The van der Waals surface area contributed by atoms with Crippen molar-refractivity contribution in [3.05, 3.63) is 75.5 Å². The second-order valence-electron chi connectivity index (χ2n) is 10.9. The summed E-state index contributed by atoms with van der Waals surface area (Å²) in [4.78, 5) is 31.1. The summed E-state index contributed by atoms with van der Waals surface area (Å²) in [5, 5.41) is 27.5. The molecule has 0 aliphatic heterocycles. The van der Waals surface area contributed by atoms with Crippen LogP contribution in [0, 0.1) is 24.2 Å². The highest BCUT2D eigenvalue weighted by atomic mass is 35.5. The monoisotopic (exact) mass is 698 g/mol. The molecule has 3 aromatic heterocycles. The molecular weight excluding hydrogens is 677 g/mol. The highest BCUT2D eigenvalue weighted by Gasteiger charge is 2.76. The molecule has 0 saturated heterocycles. The zero-order valence-corrected chi connectivity index (χ0v) is 25.4. The first-order valence-electron chi connectivity index (χ1n) is 13.9. The van der Waals surface area contributed by atoms with Crippen LogP contribution < -0.4 is 10.6 Å². The van der Waals surface area contributed by atoms with Crippen molar-refractivity contribution in [3.63, 3.8) is 0 Å². The predicted octanol–water partition coefficient (Wildman–Crippen LogP) is 5.21. The van der Waals surface area contributed by atoms with Crippen LogP contribution in [0.4, 0.5) is 36.4 Å². The van der Waals surface area contributed by atoms with Gasteiger partial charge in [-0.1, -0.05) is 11.6 Å². The molecule has 20 heteroatoms. The molecule has 1 unspecified atom stereocenters. The van der Waals surface area contributed by atoms with Crippen LogP contribution >= 0.6 is 11.6 Å². The van der Waals surface area contributed by atoms with Gasteiger partial charge in [-0.3, -0.25) is 9.59 Å². The van der Waals surface area contributed by atoms with Crippen LogP contribution in [0.2, 0.25) is 5.02 Å². The number of carbonyl (C=O) groups excluding carboxylic acids is 2. The van der Waals surface area contributed by atoms with Crippen molar-refractivity contribution in [2.45, 2.75) is 57.3 Å². The van der Waals surface area contributed by atoms with Gasteiger partial charge in [-0.15, -0.1) is 5.10 Å². The third-order valence-electron chi connectivity index (χ3n) is 7.50. The number of nitrogens with zero attached hydrogens (tertiary/aromatic N) is 8. The van der Waals surface area contributed by atoms with E-state index in [1.165, 1.54) is 37.4 Å². The molecule has 4 aromatic rings. The Morgan fingerprint density at radius 3 is 2.40 bits per heavy atom. The normalized spacial score (nSPS) is 14.4. The van der Waals surface area contributed by atoms with Crippen LogP contribution in [0.5, 0.6) is 0 Å². The van der Waals surface area contributed by atoms with Gasteiger partial charge in [0.2, 0.25) is 5.82 Å². The van der Waals surface area contributed by atoms with Crippen molar-refractivity contribution in [1.82, 2.24) is 40.3 Å². The number of nitriles is 1. The van der Waals surface area contributed by atoms with E-state index in [4.69, 9.17) is 11.6 Å². The molecule has 1 aliphatic carbocycles. The highest BCUT2D eigenvalue weighted by Crippen LogP contribution is 2.52. The van der Waals surface area contributed by atoms with Crippen molar-refractivity contribution in [2.75, 3.05) is 5.32 Å². The van der Waals surface area contributed by atoms with Gasteiger partial charge in [-0.25, -0.2) is 18.7 Å². The van der Waals surface area contributed by atoms with Gasteiger partial charge >= 0.3 is 18.0 Å². The van der Waals surface area contributed by atoms with E-state index in [9.17, 15) is 45.6 Å². The lowest BCUT2D eigenvalue weighted by molar-refractivity contribution is -0.352. The van der Waals surface area contributed by atoms with E-state index in [2.05, 4.69) is 36.2 Å². The number of rotatable bonds is 9. The number of pyridine rings is 1. The maximum Gasteiger partial charge on any atom is 0.439 e. The highest BCUT2D eigenvalue weighted by molar-refractivity contribution is 6.32. The summed E-state index contributed by atoms with van der Waals surface area (Å²) in [6.45, 7) is 2.28. The first-order valence-corrected chi connectivity index (χ1v) is 14.3. The second kappa shape index (κ2) is 12.5. The molecule has 48 heavy (non-hydrogen) atoms. The van der Waals surface area contributed by atoms with Crippen molar-refractivity contribution in [3.8, 4) is 11.9 Å². The lowest BCUT2D eigenvalue weighted by Crippen LogP contribution is -2.52. The quantitative estimate of drug-likeness (QED) is 0.226. The summed E-state index contributed by atoms with van der Waals surface area (Å²) in [6.07, 6.45) is -9.88. The molecule has 2 N–H and O–H groups in total. The fourth-order valence-corrected chi connectivity index (χ4v) is 5.06. The summed E-state index contributed by atoms with van der Waals surface area (Å²) in [5.41, 5.74) is -6.37. The Labute approximate surface area is 270 Å². The molecule has 1 aliphatic rings. The van der Waals surface area contributed by atoms with E-state index in [1.54, 1.807) is 0 Å². The van der Waals surface area contributed by atoms with Crippen LogP contribution in [0.1, 0.15) is 63.3 Å². The molecular formula is C28H22ClF7N10O2. The molecule has 1 atom stereocenters. The van der Waals surface area contributed by atoms with Gasteiger partial charge in [0.05, 0.1) is 40.1 Å². The number of aromatic nitrogens is 7. The van der Waals surface area contributed by atoms with Gasteiger partial charge in [0, 0.05) is 12.2 Å². The summed E-state index contributed by atoms with van der Waals surface area (Å²) in [7, 11) is 0. The Morgan fingerprint density at radius 1 is 1.10 bits per heavy atom. The number of aryl methyl sites for hydroxylation is 1. The summed E-state index contributed by atoms with van der Waals surface area (Å²) in [5.74, 6) is -3.68. The zero-order chi connectivity index (χ0) is 35.2. The second-order valence-corrected chi connectivity index (χ2v) is 11.3. The molecule has 1 saturated carbocycles. The maximum absolute atomic E-state index is 14.8. The van der Waals surface area contributed by atoms with Gasteiger partial charge in [0.25, 0.3) is 11.8 Å². The fourth-order valence-electron chi connectivity index (χ4n) is 4.86. The molecule has 0 bridgehead atoms. The van der Waals surface area contributed by atoms with Crippen molar-refractivity contribution >= 4 is 29.1 Å². The zero-order valence-electron chi connectivity index (χ0n) is 24.7. The predicted molar refractivity (Wildman–Crippen MR) is 152 cm³/mol. The van der Waals surface area contributed by atoms with Gasteiger partial charge < -0.3 is 10.6 Å². The third kappa shape index (κ3) is 6.39. The summed E-state index contributed by atoms with van der Waals surface area (Å²) in [6, 6.07) is 8.20. The van der Waals surface area contributed by atoms with Gasteiger partial charge in [0.1, 0.15) is 5.69 Å². The molecule has 5 rings (SSSR count). The fraction of sp³-hybridized carbons (Fsp3) is 0.357. The number of hydrogen-bond acceptors (Lipinski definition) is 8. The van der Waals surface area contributed by atoms with Gasteiger partial charge in [-0.05, 0) is 78.9 Å². The van der Waals surface area contributed by atoms with E-state index < -0.39 is 53.6 Å². The minimum absolute atomic E-state index is 0.00115. The van der Waals surface area contributed by atoms with Crippen LogP contribution in [-0.4, -0.2) is 65.2 Å². The Balaban J connectivity index is 1.56. The molecule has 1 aromatic carbocycles. The number of nitrogens with one attached hydrogen (secondary N) is 2. The van der Waals surface area contributed by atoms with Crippen LogP contribution in [0.15, 0.2) is 36.5 Å². The number of benzene rings is 1. The van der Waals surface area contributed by atoms with Crippen molar-refractivity contribution in [1.29, 1.82) is 5.26 Å². The van der Waals surface area contributed by atoms with Crippen LogP contribution in [-0.2, 0) is 12.2 Å². The van der Waals surface area contributed by atoms with Gasteiger partial charge in [-0.2, -0.15) is 36.7 Å². The van der Waals surface area contributed by atoms with Crippen molar-refractivity contribution < 1.29 is 40.3 Å². The number of halogens is 8. The van der Waals surface area contributed by atoms with E-state index in [0.717, 1.165) is 23.6 Å². The number of amides is 2. The number of tetrazole rings is 1. The molecule has 0 radical (unpaired) electrons. The van der Waals surface area contributed by atoms with Crippen molar-refractivity contribution in [2.24, 2.45) is 5.92 Å². The molecule has 0 spiro atoms. The Morgan fingerprint density at radius 2 is 1.79 bits per heavy atom. The smallest absolute Gasteiger partial charge is 0.349 e. The molecule has 2 amide bonds. The minimum Gasteiger partial charge on any atom is -0.349 e. The van der Waals surface area contributed by atoms with E-state index in [0.29, 0.717) is 5.56 Å². The number of carbonyl (C=O) groups is 2. The number of hydrogen-bond donors (Lipinski definition) is 2. The largest absolute Gasteiger partial charge is 0.439 e. The molecule has 12 nitrogen and oxygen atoms in total. The van der Waals surface area contributed by atoms with E-state index >= 15 is 0 Å². The standard InChI is InChI=1S/C28H22ClF7N10O2/c1-13-8-15(11-37)9-18(23(47)39-14(2)16-5-6-16)21(13)40-24(48)20-10-17(42-46(20)22-19(29)4-3-7-38-22)12-45-25(41-43-44-45)26(30,27(31,32)33)28(34,35)36/h3-4,7-10,14,16H,5-6,12H2,1-2H3,(H,39,47)(H,40,48). The summed E-state index contributed by atoms with van der Waals surface area (Å²) >= 11 is 6.26. The van der Waals surface area contributed by atoms with Gasteiger partial charge in [0.15, 0.2) is 5.82 Å². The van der Waals surface area contributed by atoms with E-state index in [-0.39, 0.29) is 44.3 Å². The Hall–Kier alpha value is -5.12. The average Bonchev–Trinajstić information content (AvgIpc) is 3.63.